The number of methoxy groups -OCH3 is 2. The smallest absolute Gasteiger partial charge is 0.419 e. The van der Waals surface area contributed by atoms with Crippen molar-refractivity contribution >= 4 is 29.1 Å². The van der Waals surface area contributed by atoms with E-state index in [2.05, 4.69) is 0 Å². The highest BCUT2D eigenvalue weighted by atomic mass is 35.5. The Balaban J connectivity index is 2.66. The lowest BCUT2D eigenvalue weighted by Crippen LogP contribution is -2.27. The second kappa shape index (κ2) is 7.74. The molecular weight excluding hydrogens is 318 g/mol. The molecule has 0 aliphatic heterocycles. The van der Waals surface area contributed by atoms with Crippen LogP contribution in [0.3, 0.4) is 0 Å². The Morgan fingerprint density at radius 2 is 1.65 bits per heavy atom. The highest BCUT2D eigenvalue weighted by Gasteiger charge is 2.27. The zero-order valence-electron chi connectivity index (χ0n) is 13.2. The highest BCUT2D eigenvalue weighted by molar-refractivity contribution is 6.31. The van der Waals surface area contributed by atoms with Crippen LogP contribution in [0.4, 0.5) is 16.2 Å². The van der Waals surface area contributed by atoms with E-state index < -0.39 is 6.09 Å². The van der Waals surface area contributed by atoms with Crippen LogP contribution >= 0.6 is 11.6 Å². The predicted molar refractivity (Wildman–Crippen MR) is 90.2 cm³/mol. The molecule has 0 unspecified atom stereocenters. The number of carbonyl (C=O) groups excluding carboxylic acids is 1. The molecule has 0 aliphatic carbocycles. The van der Waals surface area contributed by atoms with Crippen molar-refractivity contribution < 1.29 is 19.0 Å². The van der Waals surface area contributed by atoms with Gasteiger partial charge in [0.1, 0.15) is 17.2 Å². The molecule has 0 saturated carbocycles. The van der Waals surface area contributed by atoms with Gasteiger partial charge in [0.2, 0.25) is 0 Å². The fourth-order valence-corrected chi connectivity index (χ4v) is 2.37. The van der Waals surface area contributed by atoms with Crippen molar-refractivity contribution in [2.24, 2.45) is 0 Å². The van der Waals surface area contributed by atoms with E-state index in [-0.39, 0.29) is 6.61 Å². The van der Waals surface area contributed by atoms with Crippen molar-refractivity contribution in [2.75, 3.05) is 25.7 Å². The first-order valence-corrected chi connectivity index (χ1v) is 7.43. The van der Waals surface area contributed by atoms with Gasteiger partial charge in [0.25, 0.3) is 0 Å². The van der Waals surface area contributed by atoms with Crippen LogP contribution in [0.25, 0.3) is 0 Å². The first-order chi connectivity index (χ1) is 11.1. The second-order valence-corrected chi connectivity index (χ2v) is 4.97. The van der Waals surface area contributed by atoms with E-state index >= 15 is 0 Å². The molecule has 0 N–H and O–H groups in total. The normalized spacial score (nSPS) is 10.1. The van der Waals surface area contributed by atoms with Gasteiger partial charge in [0.05, 0.1) is 26.5 Å². The molecule has 2 aromatic rings. The summed E-state index contributed by atoms with van der Waals surface area (Å²) in [6.45, 7) is 2.00. The largest absolute Gasteiger partial charge is 0.494 e. The minimum absolute atomic E-state index is 0.250. The molecule has 0 fully saturated rings. The summed E-state index contributed by atoms with van der Waals surface area (Å²) in [5, 5.41) is 0.444. The van der Waals surface area contributed by atoms with Crippen molar-refractivity contribution in [3.63, 3.8) is 0 Å². The number of carbonyl (C=O) groups is 1. The molecule has 122 valence electrons. The van der Waals surface area contributed by atoms with E-state index in [0.717, 1.165) is 0 Å². The summed E-state index contributed by atoms with van der Waals surface area (Å²) in [4.78, 5) is 13.9. The van der Waals surface area contributed by atoms with E-state index in [9.17, 15) is 4.79 Å². The van der Waals surface area contributed by atoms with Crippen molar-refractivity contribution in [2.45, 2.75) is 6.92 Å². The Morgan fingerprint density at radius 1 is 1.09 bits per heavy atom. The molecule has 23 heavy (non-hydrogen) atoms. The number of para-hydroxylation sites is 1. The molecule has 0 bridgehead atoms. The third-order valence-corrected chi connectivity index (χ3v) is 3.35. The first kappa shape index (κ1) is 17.0. The van der Waals surface area contributed by atoms with Crippen LogP contribution in [-0.2, 0) is 4.74 Å². The van der Waals surface area contributed by atoms with Crippen LogP contribution < -0.4 is 14.4 Å². The van der Waals surface area contributed by atoms with E-state index in [4.69, 9.17) is 25.8 Å². The minimum atomic E-state index is -0.530. The molecule has 6 heteroatoms. The number of nitrogens with zero attached hydrogens (tertiary/aromatic N) is 1. The van der Waals surface area contributed by atoms with E-state index in [0.29, 0.717) is 27.9 Å². The summed E-state index contributed by atoms with van der Waals surface area (Å²) in [6.07, 6.45) is -0.530. The molecular formula is C17H18ClNO4. The van der Waals surface area contributed by atoms with Crippen LogP contribution in [0.15, 0.2) is 42.5 Å². The SMILES string of the molecule is CCOC(=O)N(c1ccccc1)c1c(OC)cc(Cl)cc1OC. The Bertz CT molecular complexity index is 651. The third kappa shape index (κ3) is 3.68. The zero-order valence-corrected chi connectivity index (χ0v) is 14.0. The average Bonchev–Trinajstić information content (AvgIpc) is 2.57. The van der Waals surface area contributed by atoms with Crippen LogP contribution in [0.1, 0.15) is 6.92 Å². The summed E-state index contributed by atoms with van der Waals surface area (Å²) >= 11 is 6.08. The quantitative estimate of drug-likeness (QED) is 0.797. The van der Waals surface area contributed by atoms with Gasteiger partial charge in [0, 0.05) is 17.2 Å². The summed E-state index contributed by atoms with van der Waals surface area (Å²) in [7, 11) is 3.01. The van der Waals surface area contributed by atoms with Crippen molar-refractivity contribution in [1.82, 2.24) is 0 Å². The molecule has 0 radical (unpaired) electrons. The van der Waals surface area contributed by atoms with Gasteiger partial charge in [0.15, 0.2) is 0 Å². The topological polar surface area (TPSA) is 48.0 Å². The Kier molecular flexibility index (Phi) is 5.71. The lowest BCUT2D eigenvalue weighted by Gasteiger charge is -2.25. The molecule has 2 rings (SSSR count). The van der Waals surface area contributed by atoms with E-state index in [1.165, 1.54) is 19.1 Å². The Labute approximate surface area is 140 Å². The predicted octanol–water partition coefficient (Wildman–Crippen LogP) is 4.65. The van der Waals surface area contributed by atoms with Crippen molar-refractivity contribution in [3.05, 3.63) is 47.5 Å². The van der Waals surface area contributed by atoms with E-state index in [1.54, 1.807) is 31.2 Å². The fourth-order valence-electron chi connectivity index (χ4n) is 2.17. The molecule has 0 atom stereocenters. The standard InChI is InChI=1S/C17H18ClNO4/c1-4-23-17(20)19(13-8-6-5-7-9-13)16-14(21-2)10-12(18)11-15(16)22-3/h5-11H,4H2,1-3H3. The Morgan fingerprint density at radius 3 is 2.13 bits per heavy atom. The molecule has 2 aromatic carbocycles. The molecule has 1 amide bonds. The van der Waals surface area contributed by atoms with Gasteiger partial charge in [-0.25, -0.2) is 9.69 Å². The van der Waals surface area contributed by atoms with Crippen molar-refractivity contribution in [1.29, 1.82) is 0 Å². The average molecular weight is 336 g/mol. The molecule has 0 spiro atoms. The lowest BCUT2D eigenvalue weighted by atomic mass is 10.2. The first-order valence-electron chi connectivity index (χ1n) is 7.05. The van der Waals surface area contributed by atoms with Gasteiger partial charge in [-0.1, -0.05) is 29.8 Å². The number of halogens is 1. The summed E-state index contributed by atoms with van der Waals surface area (Å²) in [5.41, 5.74) is 1.06. The van der Waals surface area contributed by atoms with Gasteiger partial charge >= 0.3 is 6.09 Å². The number of amides is 1. The number of anilines is 2. The monoisotopic (exact) mass is 335 g/mol. The number of hydrogen-bond acceptors (Lipinski definition) is 4. The molecule has 5 nitrogen and oxygen atoms in total. The zero-order chi connectivity index (χ0) is 16.8. The Hall–Kier alpha value is -2.40. The summed E-state index contributed by atoms with van der Waals surface area (Å²) < 4.78 is 16.0. The van der Waals surface area contributed by atoms with Crippen LogP contribution in [0.2, 0.25) is 5.02 Å². The van der Waals surface area contributed by atoms with Gasteiger partial charge in [-0.2, -0.15) is 0 Å². The van der Waals surface area contributed by atoms with Crippen LogP contribution in [-0.4, -0.2) is 26.9 Å². The number of hydrogen-bond donors (Lipinski definition) is 0. The number of ether oxygens (including phenoxy) is 3. The van der Waals surface area contributed by atoms with Gasteiger partial charge in [-0.15, -0.1) is 0 Å². The maximum Gasteiger partial charge on any atom is 0.419 e. The molecule has 0 saturated heterocycles. The summed E-state index contributed by atoms with van der Waals surface area (Å²) in [5.74, 6) is 0.817. The third-order valence-electron chi connectivity index (χ3n) is 3.13. The van der Waals surface area contributed by atoms with Crippen molar-refractivity contribution in [3.8, 4) is 11.5 Å². The number of benzene rings is 2. The maximum atomic E-state index is 12.5. The van der Waals surface area contributed by atoms with Crippen LogP contribution in [0.5, 0.6) is 11.5 Å². The molecule has 0 aliphatic rings. The fraction of sp³-hybridized carbons (Fsp3) is 0.235. The summed E-state index contributed by atoms with van der Waals surface area (Å²) in [6, 6.07) is 12.4. The van der Waals surface area contributed by atoms with Gasteiger partial charge in [-0.05, 0) is 19.1 Å². The second-order valence-electron chi connectivity index (χ2n) is 4.53. The number of rotatable bonds is 5. The lowest BCUT2D eigenvalue weighted by molar-refractivity contribution is 0.162. The highest BCUT2D eigenvalue weighted by Crippen LogP contribution is 2.44. The van der Waals surface area contributed by atoms with Crippen LogP contribution in [0, 0.1) is 0 Å². The maximum absolute atomic E-state index is 12.5. The van der Waals surface area contributed by atoms with E-state index in [1.807, 2.05) is 18.2 Å². The van der Waals surface area contributed by atoms with Gasteiger partial charge < -0.3 is 14.2 Å². The van der Waals surface area contributed by atoms with Gasteiger partial charge in [-0.3, -0.25) is 0 Å². The molecule has 0 aromatic heterocycles. The minimum Gasteiger partial charge on any atom is -0.494 e. The molecule has 0 heterocycles.